The first-order valence-electron chi connectivity index (χ1n) is 8.09. The number of nitrogens with one attached hydrogen (secondary N) is 2. The zero-order valence-corrected chi connectivity index (χ0v) is 14.6. The second-order valence-electron chi connectivity index (χ2n) is 6.08. The molecule has 2 N–H and O–H groups in total. The van der Waals surface area contributed by atoms with Gasteiger partial charge in [0, 0.05) is 11.9 Å². The molecule has 2 aromatic carbocycles. The number of anilines is 3. The lowest BCUT2D eigenvalue weighted by Gasteiger charge is -2.11. The highest BCUT2D eigenvalue weighted by Gasteiger charge is 2.16. The maximum absolute atomic E-state index is 13.7. The number of pyridine rings is 1. The van der Waals surface area contributed by atoms with Crippen LogP contribution in [0.25, 0.3) is 0 Å². The number of carbonyl (C=O) groups is 1. The lowest BCUT2D eigenvalue weighted by Crippen LogP contribution is -2.14. The zero-order valence-electron chi connectivity index (χ0n) is 14.6. The fraction of sp³-hybridized carbons (Fsp3) is 0.100. The third kappa shape index (κ3) is 4.08. The largest absolute Gasteiger partial charge is 0.354 e. The van der Waals surface area contributed by atoms with Crippen LogP contribution in [0.1, 0.15) is 21.5 Å². The van der Waals surface area contributed by atoms with Crippen molar-refractivity contribution in [1.29, 1.82) is 0 Å². The average molecular weight is 371 g/mol. The molecule has 1 heterocycles. The molecule has 7 heteroatoms. The van der Waals surface area contributed by atoms with Crippen molar-refractivity contribution in [2.75, 3.05) is 10.6 Å². The summed E-state index contributed by atoms with van der Waals surface area (Å²) in [5, 5.41) is 5.38. The molecule has 0 fully saturated rings. The molecule has 3 aromatic rings. The maximum Gasteiger partial charge on any atom is 0.257 e. The van der Waals surface area contributed by atoms with E-state index in [1.165, 1.54) is 18.5 Å². The van der Waals surface area contributed by atoms with Gasteiger partial charge in [0.15, 0.2) is 17.5 Å². The molecule has 1 aromatic heterocycles. The molecular weight excluding hydrogens is 355 g/mol. The van der Waals surface area contributed by atoms with Crippen molar-refractivity contribution >= 4 is 23.0 Å². The lowest BCUT2D eigenvalue weighted by atomic mass is 10.1. The van der Waals surface area contributed by atoms with Crippen molar-refractivity contribution < 1.29 is 18.0 Å². The van der Waals surface area contributed by atoms with Crippen molar-refractivity contribution in [1.82, 2.24) is 4.98 Å². The van der Waals surface area contributed by atoms with E-state index in [0.29, 0.717) is 5.69 Å². The number of carbonyl (C=O) groups excluding carboxylic acids is 1. The Kier molecular flexibility index (Phi) is 5.12. The number of aromatic nitrogens is 1. The third-order valence-corrected chi connectivity index (χ3v) is 3.94. The molecule has 0 bridgehead atoms. The molecule has 0 spiro atoms. The molecule has 0 aliphatic rings. The van der Waals surface area contributed by atoms with Crippen molar-refractivity contribution in [3.05, 3.63) is 82.9 Å². The van der Waals surface area contributed by atoms with E-state index in [0.717, 1.165) is 28.9 Å². The van der Waals surface area contributed by atoms with Crippen LogP contribution in [0, 0.1) is 31.3 Å². The first-order chi connectivity index (χ1) is 12.8. The Morgan fingerprint density at radius 3 is 2.41 bits per heavy atom. The maximum atomic E-state index is 13.7. The number of hydrogen-bond acceptors (Lipinski definition) is 3. The Hall–Kier alpha value is -3.35. The molecule has 0 aliphatic heterocycles. The second kappa shape index (κ2) is 7.49. The molecular formula is C20H16F3N3O. The number of aryl methyl sites for hydroxylation is 2. The summed E-state index contributed by atoms with van der Waals surface area (Å²) in [7, 11) is 0. The van der Waals surface area contributed by atoms with Crippen LogP contribution in [0.15, 0.2) is 48.8 Å². The molecule has 0 saturated heterocycles. The summed E-state index contributed by atoms with van der Waals surface area (Å²) < 4.78 is 40.0. The minimum atomic E-state index is -1.64. The number of amides is 1. The number of benzene rings is 2. The smallest absolute Gasteiger partial charge is 0.257 e. The summed E-state index contributed by atoms with van der Waals surface area (Å²) in [6, 6.07) is 9.10. The lowest BCUT2D eigenvalue weighted by molar-refractivity contribution is 0.102. The highest BCUT2D eigenvalue weighted by molar-refractivity contribution is 6.04. The van der Waals surface area contributed by atoms with Gasteiger partial charge < -0.3 is 10.6 Å². The van der Waals surface area contributed by atoms with E-state index in [9.17, 15) is 18.0 Å². The van der Waals surface area contributed by atoms with Crippen LogP contribution >= 0.6 is 0 Å². The summed E-state index contributed by atoms with van der Waals surface area (Å²) in [6.45, 7) is 3.94. The first kappa shape index (κ1) is 18.4. The zero-order chi connectivity index (χ0) is 19.6. The highest BCUT2D eigenvalue weighted by Crippen LogP contribution is 2.23. The molecule has 27 heavy (non-hydrogen) atoms. The Morgan fingerprint density at radius 2 is 1.67 bits per heavy atom. The van der Waals surface area contributed by atoms with Crippen molar-refractivity contribution in [2.24, 2.45) is 0 Å². The summed E-state index contributed by atoms with van der Waals surface area (Å²) in [5.41, 5.74) is 3.24. The van der Waals surface area contributed by atoms with E-state index < -0.39 is 29.0 Å². The summed E-state index contributed by atoms with van der Waals surface area (Å²) >= 11 is 0. The van der Waals surface area contributed by atoms with Crippen LogP contribution in [0.2, 0.25) is 0 Å². The Balaban J connectivity index is 1.81. The molecule has 4 nitrogen and oxygen atoms in total. The molecule has 0 atom stereocenters. The normalized spacial score (nSPS) is 10.6. The van der Waals surface area contributed by atoms with Gasteiger partial charge in [0.25, 0.3) is 5.91 Å². The van der Waals surface area contributed by atoms with Gasteiger partial charge in [-0.3, -0.25) is 9.78 Å². The third-order valence-electron chi connectivity index (χ3n) is 3.94. The van der Waals surface area contributed by atoms with Gasteiger partial charge in [0.05, 0.1) is 23.1 Å². The molecule has 138 valence electrons. The van der Waals surface area contributed by atoms with E-state index in [1.54, 1.807) is 0 Å². The Bertz CT molecular complexity index is 1020. The summed E-state index contributed by atoms with van der Waals surface area (Å²) in [6.07, 6.45) is 2.83. The fourth-order valence-corrected chi connectivity index (χ4v) is 2.56. The van der Waals surface area contributed by atoms with Crippen LogP contribution in [-0.4, -0.2) is 10.9 Å². The first-order valence-corrected chi connectivity index (χ1v) is 8.09. The van der Waals surface area contributed by atoms with E-state index >= 15 is 0 Å². The molecule has 0 aliphatic carbocycles. The predicted octanol–water partition coefficient (Wildman–Crippen LogP) is 5.11. The van der Waals surface area contributed by atoms with Crippen LogP contribution < -0.4 is 10.6 Å². The van der Waals surface area contributed by atoms with E-state index in [1.807, 2.05) is 32.0 Å². The van der Waals surface area contributed by atoms with Gasteiger partial charge in [0.1, 0.15) is 0 Å². The van der Waals surface area contributed by atoms with Crippen molar-refractivity contribution in [3.8, 4) is 0 Å². The minimum absolute atomic E-state index is 0.133. The van der Waals surface area contributed by atoms with Crippen LogP contribution in [0.5, 0.6) is 0 Å². The van der Waals surface area contributed by atoms with Gasteiger partial charge in [-0.1, -0.05) is 17.7 Å². The number of nitrogens with zero attached hydrogens (tertiary/aromatic N) is 1. The van der Waals surface area contributed by atoms with Crippen molar-refractivity contribution in [3.63, 3.8) is 0 Å². The van der Waals surface area contributed by atoms with Crippen molar-refractivity contribution in [2.45, 2.75) is 13.8 Å². The number of rotatable bonds is 4. The fourth-order valence-electron chi connectivity index (χ4n) is 2.56. The average Bonchev–Trinajstić information content (AvgIpc) is 2.65. The molecule has 0 radical (unpaired) electrons. The van der Waals surface area contributed by atoms with E-state index in [4.69, 9.17) is 0 Å². The van der Waals surface area contributed by atoms with Gasteiger partial charge in [0.2, 0.25) is 0 Å². The quantitative estimate of drug-likeness (QED) is 0.627. The Morgan fingerprint density at radius 1 is 0.926 bits per heavy atom. The SMILES string of the molecule is Cc1ccc(Nc2cncc(C(=O)Nc3ccc(F)c(F)c3F)c2)c(C)c1. The topological polar surface area (TPSA) is 54.0 Å². The van der Waals surface area contributed by atoms with Crippen LogP contribution in [0.4, 0.5) is 30.2 Å². The Labute approximate surface area is 154 Å². The predicted molar refractivity (Wildman–Crippen MR) is 97.7 cm³/mol. The summed E-state index contributed by atoms with van der Waals surface area (Å²) in [4.78, 5) is 16.3. The van der Waals surface area contributed by atoms with Gasteiger partial charge in [-0.2, -0.15) is 0 Å². The molecule has 3 rings (SSSR count). The monoisotopic (exact) mass is 371 g/mol. The van der Waals surface area contributed by atoms with E-state index in [2.05, 4.69) is 15.6 Å². The molecule has 1 amide bonds. The molecule has 0 saturated carbocycles. The van der Waals surface area contributed by atoms with Gasteiger partial charge >= 0.3 is 0 Å². The highest BCUT2D eigenvalue weighted by atomic mass is 19.2. The summed E-state index contributed by atoms with van der Waals surface area (Å²) in [5.74, 6) is -5.12. The van der Waals surface area contributed by atoms with E-state index in [-0.39, 0.29) is 5.56 Å². The van der Waals surface area contributed by atoms with Gasteiger partial charge in [-0.25, -0.2) is 13.2 Å². The second-order valence-corrected chi connectivity index (χ2v) is 6.08. The van der Waals surface area contributed by atoms with Crippen LogP contribution in [0.3, 0.4) is 0 Å². The van der Waals surface area contributed by atoms with Gasteiger partial charge in [-0.15, -0.1) is 0 Å². The minimum Gasteiger partial charge on any atom is -0.354 e. The number of hydrogen-bond donors (Lipinski definition) is 2. The molecule has 0 unspecified atom stereocenters. The number of halogens is 3. The standard InChI is InChI=1S/C20H16F3N3O/c1-11-3-5-16(12(2)7-11)25-14-8-13(9-24-10-14)20(27)26-17-6-4-15(21)18(22)19(17)23/h3-10,25H,1-2H3,(H,26,27). The van der Waals surface area contributed by atoms with Gasteiger partial charge in [-0.05, 0) is 43.7 Å². The van der Waals surface area contributed by atoms with Crippen LogP contribution in [-0.2, 0) is 0 Å².